The van der Waals surface area contributed by atoms with Gasteiger partial charge in [0.2, 0.25) is 0 Å². The standard InChI is InChI=1S/C9H10BrNO2/c1-9(10)4-2-3-7(11)6(5-9)8(12)13/h2-3,5,11H,4H2,1H3,(H,12,13). The monoisotopic (exact) mass is 243 g/mol. The summed E-state index contributed by atoms with van der Waals surface area (Å²) in [4.78, 5) is 10.7. The molecule has 70 valence electrons. The molecule has 0 saturated carbocycles. The van der Waals surface area contributed by atoms with E-state index in [4.69, 9.17) is 10.5 Å². The Hall–Kier alpha value is -0.900. The van der Waals surface area contributed by atoms with Gasteiger partial charge >= 0.3 is 5.97 Å². The van der Waals surface area contributed by atoms with Gasteiger partial charge in [0.1, 0.15) is 0 Å². The SMILES string of the molecule is CC1(Br)C=C(C(=O)O)C(=N)C=CC1. The maximum atomic E-state index is 10.7. The normalized spacial score (nSPS) is 28.2. The molecule has 0 bridgehead atoms. The lowest BCUT2D eigenvalue weighted by Gasteiger charge is -2.14. The zero-order valence-corrected chi connectivity index (χ0v) is 8.76. The summed E-state index contributed by atoms with van der Waals surface area (Å²) < 4.78 is -0.361. The topological polar surface area (TPSA) is 61.1 Å². The van der Waals surface area contributed by atoms with E-state index in [9.17, 15) is 4.79 Å². The summed E-state index contributed by atoms with van der Waals surface area (Å²) >= 11 is 3.39. The number of halogens is 1. The quantitative estimate of drug-likeness (QED) is 0.694. The van der Waals surface area contributed by atoms with Crippen LogP contribution < -0.4 is 0 Å². The second-order valence-corrected chi connectivity index (χ2v) is 4.97. The van der Waals surface area contributed by atoms with Crippen molar-refractivity contribution in [1.29, 1.82) is 5.41 Å². The molecule has 0 aliphatic heterocycles. The molecule has 1 unspecified atom stereocenters. The van der Waals surface area contributed by atoms with E-state index in [1.807, 2.05) is 6.92 Å². The van der Waals surface area contributed by atoms with Crippen molar-refractivity contribution in [3.05, 3.63) is 23.8 Å². The zero-order chi connectivity index (χ0) is 10.1. The molecule has 0 amide bonds. The second-order valence-electron chi connectivity index (χ2n) is 3.16. The zero-order valence-electron chi connectivity index (χ0n) is 7.17. The van der Waals surface area contributed by atoms with Gasteiger partial charge in [0, 0.05) is 4.32 Å². The summed E-state index contributed by atoms with van der Waals surface area (Å²) in [5.74, 6) is -1.05. The van der Waals surface area contributed by atoms with Gasteiger partial charge in [-0.1, -0.05) is 28.1 Å². The molecule has 0 radical (unpaired) electrons. The van der Waals surface area contributed by atoms with Crippen molar-refractivity contribution in [2.45, 2.75) is 17.7 Å². The van der Waals surface area contributed by atoms with Crippen LogP contribution in [0, 0.1) is 5.41 Å². The third-order valence-electron chi connectivity index (χ3n) is 1.77. The number of rotatable bonds is 1. The first-order valence-corrected chi connectivity index (χ1v) is 4.62. The van der Waals surface area contributed by atoms with Gasteiger partial charge in [0.15, 0.2) is 0 Å². The van der Waals surface area contributed by atoms with Crippen molar-refractivity contribution in [3.63, 3.8) is 0 Å². The maximum Gasteiger partial charge on any atom is 0.337 e. The molecular weight excluding hydrogens is 234 g/mol. The van der Waals surface area contributed by atoms with E-state index in [-0.39, 0.29) is 15.6 Å². The smallest absolute Gasteiger partial charge is 0.337 e. The van der Waals surface area contributed by atoms with Crippen LogP contribution in [-0.2, 0) is 4.79 Å². The van der Waals surface area contributed by atoms with Gasteiger partial charge in [-0.15, -0.1) is 0 Å². The fourth-order valence-corrected chi connectivity index (χ4v) is 1.53. The molecule has 0 saturated heterocycles. The molecule has 13 heavy (non-hydrogen) atoms. The molecule has 4 heteroatoms. The number of carboxylic acids is 1. The summed E-state index contributed by atoms with van der Waals surface area (Å²) in [6.07, 6.45) is 5.57. The first-order valence-electron chi connectivity index (χ1n) is 3.83. The van der Waals surface area contributed by atoms with Crippen LogP contribution >= 0.6 is 15.9 Å². The molecule has 0 aromatic heterocycles. The van der Waals surface area contributed by atoms with Gasteiger partial charge in [-0.05, 0) is 19.4 Å². The molecule has 1 rings (SSSR count). The molecule has 0 spiro atoms. The minimum Gasteiger partial charge on any atom is -0.478 e. The van der Waals surface area contributed by atoms with E-state index < -0.39 is 5.97 Å². The van der Waals surface area contributed by atoms with Crippen molar-refractivity contribution >= 4 is 27.6 Å². The first-order chi connectivity index (χ1) is 5.92. The van der Waals surface area contributed by atoms with Crippen molar-refractivity contribution in [3.8, 4) is 0 Å². The number of aliphatic carboxylic acids is 1. The number of nitrogens with one attached hydrogen (secondary N) is 1. The third-order valence-corrected chi connectivity index (χ3v) is 2.32. The van der Waals surface area contributed by atoms with E-state index in [0.29, 0.717) is 6.42 Å². The van der Waals surface area contributed by atoms with E-state index in [1.165, 1.54) is 6.08 Å². The Balaban J connectivity index is 3.13. The molecule has 1 atom stereocenters. The minimum atomic E-state index is -1.05. The van der Waals surface area contributed by atoms with Crippen molar-refractivity contribution in [2.24, 2.45) is 0 Å². The van der Waals surface area contributed by atoms with Crippen LogP contribution in [0.2, 0.25) is 0 Å². The lowest BCUT2D eigenvalue weighted by molar-refractivity contribution is -0.132. The Kier molecular flexibility index (Phi) is 2.71. The van der Waals surface area contributed by atoms with Crippen LogP contribution in [0.4, 0.5) is 0 Å². The van der Waals surface area contributed by atoms with Crippen LogP contribution in [0.3, 0.4) is 0 Å². The molecule has 0 aromatic carbocycles. The number of carbonyl (C=O) groups is 1. The minimum absolute atomic E-state index is 0.0492. The van der Waals surface area contributed by atoms with Crippen LogP contribution in [0.5, 0.6) is 0 Å². The highest BCUT2D eigenvalue weighted by Gasteiger charge is 2.23. The fraction of sp³-hybridized carbons (Fsp3) is 0.333. The second kappa shape index (κ2) is 3.46. The Morgan fingerprint density at radius 1 is 1.77 bits per heavy atom. The average molecular weight is 244 g/mol. The highest BCUT2D eigenvalue weighted by molar-refractivity contribution is 9.10. The predicted octanol–water partition coefficient (Wildman–Crippen LogP) is 2.13. The molecule has 2 N–H and O–H groups in total. The van der Waals surface area contributed by atoms with Crippen molar-refractivity contribution < 1.29 is 9.90 Å². The Morgan fingerprint density at radius 3 is 2.92 bits per heavy atom. The number of hydrogen-bond donors (Lipinski definition) is 2. The third kappa shape index (κ3) is 2.52. The van der Waals surface area contributed by atoms with Crippen molar-refractivity contribution in [1.82, 2.24) is 0 Å². The Bertz CT molecular complexity index is 316. The average Bonchev–Trinajstić information content (AvgIpc) is 2.10. The van der Waals surface area contributed by atoms with Gasteiger partial charge in [-0.25, -0.2) is 4.79 Å². The summed E-state index contributed by atoms with van der Waals surface area (Å²) in [5, 5.41) is 16.2. The predicted molar refractivity (Wildman–Crippen MR) is 54.5 cm³/mol. The molecule has 3 nitrogen and oxygen atoms in total. The summed E-state index contributed by atoms with van der Waals surface area (Å²) in [7, 11) is 0. The largest absolute Gasteiger partial charge is 0.478 e. The van der Waals surface area contributed by atoms with Crippen LogP contribution in [0.1, 0.15) is 13.3 Å². The van der Waals surface area contributed by atoms with E-state index >= 15 is 0 Å². The first kappa shape index (κ1) is 10.2. The van der Waals surface area contributed by atoms with Gasteiger partial charge in [-0.2, -0.15) is 0 Å². The maximum absolute atomic E-state index is 10.7. The molecular formula is C9H10BrNO2. The summed E-state index contributed by atoms with van der Waals surface area (Å²) in [5.41, 5.74) is 0.101. The van der Waals surface area contributed by atoms with E-state index in [0.717, 1.165) is 0 Å². The van der Waals surface area contributed by atoms with Crippen LogP contribution in [-0.4, -0.2) is 21.1 Å². The highest BCUT2D eigenvalue weighted by Crippen LogP contribution is 2.28. The Labute approximate surface area is 84.8 Å². The van der Waals surface area contributed by atoms with Gasteiger partial charge < -0.3 is 10.5 Å². The van der Waals surface area contributed by atoms with Gasteiger partial charge in [0.05, 0.1) is 11.3 Å². The van der Waals surface area contributed by atoms with Gasteiger partial charge in [0.25, 0.3) is 0 Å². The van der Waals surface area contributed by atoms with Gasteiger partial charge in [-0.3, -0.25) is 0 Å². The van der Waals surface area contributed by atoms with Crippen LogP contribution in [0.25, 0.3) is 0 Å². The summed E-state index contributed by atoms with van der Waals surface area (Å²) in [6, 6.07) is 0. The lowest BCUT2D eigenvalue weighted by atomic mass is 10.1. The van der Waals surface area contributed by atoms with Crippen LogP contribution in [0.15, 0.2) is 23.8 Å². The highest BCUT2D eigenvalue weighted by atomic mass is 79.9. The number of carboxylic acid groups (broad SMARTS) is 1. The Morgan fingerprint density at radius 2 is 2.38 bits per heavy atom. The lowest BCUT2D eigenvalue weighted by Crippen LogP contribution is -2.15. The number of hydrogen-bond acceptors (Lipinski definition) is 2. The molecule has 1 aliphatic rings. The van der Waals surface area contributed by atoms with Crippen molar-refractivity contribution in [2.75, 3.05) is 0 Å². The fourth-order valence-electron chi connectivity index (χ4n) is 1.11. The molecule has 0 heterocycles. The number of alkyl halides is 1. The summed E-state index contributed by atoms with van der Waals surface area (Å²) in [6.45, 7) is 1.87. The molecule has 0 aromatic rings. The number of allylic oxidation sites excluding steroid dienone is 3. The molecule has 0 fully saturated rings. The van der Waals surface area contributed by atoms with E-state index in [2.05, 4.69) is 15.9 Å². The van der Waals surface area contributed by atoms with E-state index in [1.54, 1.807) is 12.2 Å². The molecule has 1 aliphatic carbocycles.